The van der Waals surface area contributed by atoms with Gasteiger partial charge in [-0.2, -0.15) is 0 Å². The number of halogens is 1. The van der Waals surface area contributed by atoms with Crippen molar-refractivity contribution in [3.8, 4) is 0 Å². The highest BCUT2D eigenvalue weighted by molar-refractivity contribution is 5.92. The van der Waals surface area contributed by atoms with E-state index in [-0.39, 0.29) is 30.7 Å². The first-order chi connectivity index (χ1) is 13.2. The van der Waals surface area contributed by atoms with E-state index < -0.39 is 23.1 Å². The lowest BCUT2D eigenvalue weighted by Crippen LogP contribution is -2.65. The van der Waals surface area contributed by atoms with Crippen molar-refractivity contribution in [1.29, 1.82) is 0 Å². The Morgan fingerprint density at radius 3 is 2.64 bits per heavy atom. The van der Waals surface area contributed by atoms with Gasteiger partial charge < -0.3 is 20.5 Å². The molecule has 2 atom stereocenters. The highest BCUT2D eigenvalue weighted by atomic mass is 19.1. The molecule has 0 bridgehead atoms. The van der Waals surface area contributed by atoms with Gasteiger partial charge >= 0.3 is 0 Å². The van der Waals surface area contributed by atoms with Crippen molar-refractivity contribution in [1.82, 2.24) is 10.2 Å². The molecule has 3 N–H and O–H groups in total. The van der Waals surface area contributed by atoms with Crippen molar-refractivity contribution in [2.24, 2.45) is 0 Å². The van der Waals surface area contributed by atoms with E-state index in [0.29, 0.717) is 32.4 Å². The maximum atomic E-state index is 13.7. The van der Waals surface area contributed by atoms with E-state index in [1.54, 1.807) is 12.1 Å². The lowest BCUT2D eigenvalue weighted by Gasteiger charge is -2.51. The molecule has 1 aromatic carbocycles. The summed E-state index contributed by atoms with van der Waals surface area (Å²) in [6.45, 7) is 4.93. The molecule has 28 heavy (non-hydrogen) atoms. The van der Waals surface area contributed by atoms with Crippen molar-refractivity contribution in [2.75, 3.05) is 31.6 Å². The van der Waals surface area contributed by atoms with Crippen LogP contribution in [0.15, 0.2) is 24.3 Å². The van der Waals surface area contributed by atoms with Gasteiger partial charge in [0.25, 0.3) is 0 Å². The van der Waals surface area contributed by atoms with Gasteiger partial charge in [0.05, 0.1) is 30.0 Å². The first-order valence-corrected chi connectivity index (χ1v) is 9.59. The average molecular weight is 393 g/mol. The van der Waals surface area contributed by atoms with Crippen molar-refractivity contribution in [3.63, 3.8) is 0 Å². The summed E-state index contributed by atoms with van der Waals surface area (Å²) >= 11 is 0. The Labute approximate surface area is 164 Å². The second-order valence-corrected chi connectivity index (χ2v) is 8.09. The van der Waals surface area contributed by atoms with Crippen LogP contribution < -0.4 is 10.6 Å². The summed E-state index contributed by atoms with van der Waals surface area (Å²) in [5, 5.41) is 15.8. The number of amides is 2. The summed E-state index contributed by atoms with van der Waals surface area (Å²) in [6, 6.07) is 6.08. The maximum Gasteiger partial charge on any atom is 0.238 e. The molecule has 2 aliphatic heterocycles. The van der Waals surface area contributed by atoms with Gasteiger partial charge in [0.2, 0.25) is 11.8 Å². The summed E-state index contributed by atoms with van der Waals surface area (Å²) in [5.74, 6) is -0.898. The standard InChI is InChI=1S/C20H28FN3O4/c1-14(25)23-19(2)13-20(28-12-17(19)26)7-9-24(10-8-20)11-18(27)22-16-6-4-3-5-15(16)21/h3-6,17,26H,7-13H2,1-2H3,(H,22,27)(H,23,25)/t17-,19-/m0/s1. The number of ether oxygens (including phenoxy) is 1. The van der Waals surface area contributed by atoms with E-state index in [0.717, 1.165) is 0 Å². The number of anilines is 1. The largest absolute Gasteiger partial charge is 0.388 e. The minimum atomic E-state index is -0.758. The molecule has 1 spiro atoms. The minimum absolute atomic E-state index is 0.171. The lowest BCUT2D eigenvalue weighted by atomic mass is 9.74. The van der Waals surface area contributed by atoms with Gasteiger partial charge in [-0.1, -0.05) is 12.1 Å². The molecule has 0 unspecified atom stereocenters. The number of benzene rings is 1. The zero-order valence-electron chi connectivity index (χ0n) is 16.3. The van der Waals surface area contributed by atoms with Gasteiger partial charge in [-0.15, -0.1) is 0 Å². The number of rotatable bonds is 4. The van der Waals surface area contributed by atoms with Crippen LogP contribution in [0.2, 0.25) is 0 Å². The van der Waals surface area contributed by atoms with Crippen LogP contribution in [-0.4, -0.2) is 65.3 Å². The summed E-state index contributed by atoms with van der Waals surface area (Å²) in [7, 11) is 0. The predicted molar refractivity (Wildman–Crippen MR) is 102 cm³/mol. The molecule has 3 rings (SSSR count). The molecule has 0 aliphatic carbocycles. The van der Waals surface area contributed by atoms with Crippen LogP contribution in [0.25, 0.3) is 0 Å². The predicted octanol–water partition coefficient (Wildman–Crippen LogP) is 1.27. The molecule has 2 heterocycles. The molecule has 2 fully saturated rings. The van der Waals surface area contributed by atoms with E-state index in [1.807, 2.05) is 11.8 Å². The molecule has 0 aromatic heterocycles. The number of nitrogens with zero attached hydrogens (tertiary/aromatic N) is 1. The number of hydrogen-bond acceptors (Lipinski definition) is 5. The molecule has 1 aromatic rings. The second kappa shape index (κ2) is 8.14. The number of hydrogen-bond donors (Lipinski definition) is 3. The van der Waals surface area contributed by atoms with Crippen LogP contribution in [0.4, 0.5) is 10.1 Å². The molecule has 2 saturated heterocycles. The number of piperidine rings is 1. The molecule has 0 saturated carbocycles. The van der Waals surface area contributed by atoms with Crippen molar-refractivity contribution < 1.29 is 23.8 Å². The van der Waals surface area contributed by atoms with Gasteiger partial charge in [0, 0.05) is 26.4 Å². The average Bonchev–Trinajstić information content (AvgIpc) is 2.62. The number of para-hydroxylation sites is 1. The highest BCUT2D eigenvalue weighted by Gasteiger charge is 2.49. The third kappa shape index (κ3) is 4.68. The van der Waals surface area contributed by atoms with Gasteiger partial charge in [-0.05, 0) is 31.9 Å². The first kappa shape index (κ1) is 20.7. The van der Waals surface area contributed by atoms with Crippen LogP contribution in [0.1, 0.15) is 33.1 Å². The Bertz CT molecular complexity index is 736. The number of nitrogens with one attached hydrogen (secondary N) is 2. The van der Waals surface area contributed by atoms with Gasteiger partial charge in [-0.25, -0.2) is 4.39 Å². The van der Waals surface area contributed by atoms with Crippen LogP contribution in [0.3, 0.4) is 0 Å². The fourth-order valence-electron chi connectivity index (χ4n) is 4.20. The zero-order valence-corrected chi connectivity index (χ0v) is 16.3. The monoisotopic (exact) mass is 393 g/mol. The number of likely N-dealkylation sites (tertiary alicyclic amines) is 1. The van der Waals surface area contributed by atoms with Crippen molar-refractivity contribution in [2.45, 2.75) is 50.4 Å². The van der Waals surface area contributed by atoms with Crippen LogP contribution in [-0.2, 0) is 14.3 Å². The van der Waals surface area contributed by atoms with Crippen LogP contribution in [0, 0.1) is 5.82 Å². The fourth-order valence-corrected chi connectivity index (χ4v) is 4.20. The highest BCUT2D eigenvalue weighted by Crippen LogP contribution is 2.39. The summed E-state index contributed by atoms with van der Waals surface area (Å²) < 4.78 is 19.6. The third-order valence-corrected chi connectivity index (χ3v) is 5.72. The molecule has 2 amide bonds. The van der Waals surface area contributed by atoms with Gasteiger partial charge in [-0.3, -0.25) is 14.5 Å². The second-order valence-electron chi connectivity index (χ2n) is 8.09. The van der Waals surface area contributed by atoms with E-state index in [9.17, 15) is 19.1 Å². The molecule has 154 valence electrons. The van der Waals surface area contributed by atoms with Crippen molar-refractivity contribution >= 4 is 17.5 Å². The van der Waals surface area contributed by atoms with E-state index in [2.05, 4.69) is 10.6 Å². The lowest BCUT2D eigenvalue weighted by molar-refractivity contribution is -0.181. The summed E-state index contributed by atoms with van der Waals surface area (Å²) in [4.78, 5) is 25.8. The van der Waals surface area contributed by atoms with Crippen LogP contribution in [0.5, 0.6) is 0 Å². The Morgan fingerprint density at radius 2 is 2.00 bits per heavy atom. The quantitative estimate of drug-likeness (QED) is 0.717. The number of aliphatic hydroxyl groups excluding tert-OH is 1. The molecule has 0 radical (unpaired) electrons. The van der Waals surface area contributed by atoms with Crippen molar-refractivity contribution in [3.05, 3.63) is 30.1 Å². The number of carbonyl (C=O) groups is 2. The van der Waals surface area contributed by atoms with Gasteiger partial charge in [0.1, 0.15) is 11.9 Å². The molecular weight excluding hydrogens is 365 g/mol. The topological polar surface area (TPSA) is 90.9 Å². The summed E-state index contributed by atoms with van der Waals surface area (Å²) in [5.41, 5.74) is -0.972. The van der Waals surface area contributed by atoms with E-state index in [1.165, 1.54) is 19.1 Å². The summed E-state index contributed by atoms with van der Waals surface area (Å²) in [6.07, 6.45) is 1.16. The molecule has 2 aliphatic rings. The zero-order chi connectivity index (χ0) is 20.4. The van der Waals surface area contributed by atoms with Gasteiger partial charge in [0.15, 0.2) is 0 Å². The maximum absolute atomic E-state index is 13.7. The number of carbonyl (C=O) groups excluding carboxylic acids is 2. The smallest absolute Gasteiger partial charge is 0.238 e. The molecule has 7 nitrogen and oxygen atoms in total. The Hall–Kier alpha value is -2.03. The van der Waals surface area contributed by atoms with E-state index >= 15 is 0 Å². The van der Waals surface area contributed by atoms with E-state index in [4.69, 9.17) is 4.74 Å². The van der Waals surface area contributed by atoms with Crippen LogP contribution >= 0.6 is 0 Å². The molecular formula is C20H28FN3O4. The SMILES string of the molecule is CC(=O)N[C@@]1(C)CC2(CCN(CC(=O)Nc3ccccc3F)CC2)OC[C@@H]1O. The Balaban J connectivity index is 1.54. The Morgan fingerprint density at radius 1 is 1.32 bits per heavy atom. The minimum Gasteiger partial charge on any atom is -0.388 e. The fraction of sp³-hybridized carbons (Fsp3) is 0.600. The number of aliphatic hydroxyl groups is 1. The molecule has 8 heteroatoms. The first-order valence-electron chi connectivity index (χ1n) is 9.59. The Kier molecular flexibility index (Phi) is 6.02. The normalized spacial score (nSPS) is 27.4. The third-order valence-electron chi connectivity index (χ3n) is 5.72.